The van der Waals surface area contributed by atoms with Crippen LogP contribution in [0, 0.1) is 0 Å². The van der Waals surface area contributed by atoms with E-state index in [1.165, 1.54) is 0 Å². The third-order valence-corrected chi connectivity index (χ3v) is 3.03. The molecule has 2 N–H and O–H groups in total. The molecule has 2 heterocycles. The van der Waals surface area contributed by atoms with Crippen LogP contribution in [0.15, 0.2) is 16.7 Å². The zero-order chi connectivity index (χ0) is 10.8. The van der Waals surface area contributed by atoms with Crippen molar-refractivity contribution in [1.82, 2.24) is 15.2 Å². The highest BCUT2D eigenvalue weighted by atomic mass is 79.9. The Bertz CT molecular complexity index is 369. The molecule has 0 spiro atoms. The van der Waals surface area contributed by atoms with E-state index < -0.39 is 0 Å². The highest BCUT2D eigenvalue weighted by Gasteiger charge is 2.19. The summed E-state index contributed by atoms with van der Waals surface area (Å²) >= 11 is 3.35. The lowest BCUT2D eigenvalue weighted by Gasteiger charge is -2.11. The van der Waals surface area contributed by atoms with Gasteiger partial charge in [-0.2, -0.15) is 0 Å². The van der Waals surface area contributed by atoms with Crippen LogP contribution in [0.1, 0.15) is 16.9 Å². The molecule has 1 atom stereocenters. The number of amides is 1. The Morgan fingerprint density at radius 1 is 1.73 bits per heavy atom. The van der Waals surface area contributed by atoms with E-state index in [0.29, 0.717) is 5.69 Å². The van der Waals surface area contributed by atoms with Gasteiger partial charge in [-0.3, -0.25) is 4.79 Å². The van der Waals surface area contributed by atoms with Crippen LogP contribution in [0.25, 0.3) is 0 Å². The van der Waals surface area contributed by atoms with Gasteiger partial charge in [-0.1, -0.05) is 0 Å². The third kappa shape index (κ3) is 2.41. The standard InChI is InChI=1S/C10H14BrN3O/c1-14-6-7(11)4-9(14)10(15)13-8-2-3-12-5-8/h4,6,8,12H,2-3,5H2,1H3,(H,13,15)/t8-/m0/s1. The largest absolute Gasteiger partial charge is 0.347 e. The zero-order valence-corrected chi connectivity index (χ0v) is 10.2. The summed E-state index contributed by atoms with van der Waals surface area (Å²) in [7, 11) is 1.87. The van der Waals surface area contributed by atoms with Crippen LogP contribution in [0.2, 0.25) is 0 Å². The van der Waals surface area contributed by atoms with Crippen molar-refractivity contribution in [3.05, 3.63) is 22.4 Å². The van der Waals surface area contributed by atoms with Gasteiger partial charge in [0.1, 0.15) is 5.69 Å². The van der Waals surface area contributed by atoms with Gasteiger partial charge >= 0.3 is 0 Å². The Hall–Kier alpha value is -0.810. The van der Waals surface area contributed by atoms with Crippen LogP contribution >= 0.6 is 15.9 Å². The first-order chi connectivity index (χ1) is 7.16. The second-order valence-electron chi connectivity index (χ2n) is 3.82. The van der Waals surface area contributed by atoms with Crippen molar-refractivity contribution in [2.45, 2.75) is 12.5 Å². The fraction of sp³-hybridized carbons (Fsp3) is 0.500. The topological polar surface area (TPSA) is 46.1 Å². The maximum Gasteiger partial charge on any atom is 0.268 e. The predicted octanol–water partition coefficient (Wildman–Crippen LogP) is 0.879. The monoisotopic (exact) mass is 271 g/mol. The number of nitrogens with zero attached hydrogens (tertiary/aromatic N) is 1. The van der Waals surface area contributed by atoms with Crippen molar-refractivity contribution in [2.75, 3.05) is 13.1 Å². The molecule has 1 aliphatic heterocycles. The number of aryl methyl sites for hydroxylation is 1. The number of carbonyl (C=O) groups is 1. The smallest absolute Gasteiger partial charge is 0.268 e. The summed E-state index contributed by atoms with van der Waals surface area (Å²) in [5.74, 6) is -0.00287. The highest BCUT2D eigenvalue weighted by Crippen LogP contribution is 2.13. The molecule has 4 nitrogen and oxygen atoms in total. The van der Waals surface area contributed by atoms with E-state index in [1.54, 1.807) is 0 Å². The summed E-state index contributed by atoms with van der Waals surface area (Å²) in [4.78, 5) is 11.9. The molecule has 82 valence electrons. The minimum Gasteiger partial charge on any atom is -0.347 e. The highest BCUT2D eigenvalue weighted by molar-refractivity contribution is 9.10. The van der Waals surface area contributed by atoms with E-state index in [-0.39, 0.29) is 11.9 Å². The van der Waals surface area contributed by atoms with Gasteiger partial charge in [0.2, 0.25) is 0 Å². The second-order valence-corrected chi connectivity index (χ2v) is 4.73. The summed E-state index contributed by atoms with van der Waals surface area (Å²) in [6.07, 6.45) is 2.89. The maximum absolute atomic E-state index is 11.9. The van der Waals surface area contributed by atoms with Crippen molar-refractivity contribution < 1.29 is 4.79 Å². The molecule has 15 heavy (non-hydrogen) atoms. The lowest BCUT2D eigenvalue weighted by atomic mass is 10.2. The molecule has 2 rings (SSSR count). The molecule has 1 amide bonds. The molecule has 0 aromatic carbocycles. The summed E-state index contributed by atoms with van der Waals surface area (Å²) in [5.41, 5.74) is 0.689. The van der Waals surface area contributed by atoms with E-state index in [1.807, 2.05) is 23.9 Å². The summed E-state index contributed by atoms with van der Waals surface area (Å²) in [6.45, 7) is 1.86. The van der Waals surface area contributed by atoms with Gasteiger partial charge in [-0.15, -0.1) is 0 Å². The molecule has 0 radical (unpaired) electrons. The summed E-state index contributed by atoms with van der Waals surface area (Å²) in [6, 6.07) is 2.10. The Kier molecular flexibility index (Phi) is 3.11. The van der Waals surface area contributed by atoms with Crippen molar-refractivity contribution in [2.24, 2.45) is 7.05 Å². The third-order valence-electron chi connectivity index (χ3n) is 2.60. The number of aromatic nitrogens is 1. The molecule has 1 aromatic rings. The lowest BCUT2D eigenvalue weighted by molar-refractivity contribution is 0.0932. The van der Waals surface area contributed by atoms with Gasteiger partial charge in [-0.05, 0) is 35.0 Å². The number of hydrogen-bond donors (Lipinski definition) is 2. The maximum atomic E-state index is 11.9. The van der Waals surface area contributed by atoms with Crippen molar-refractivity contribution >= 4 is 21.8 Å². The van der Waals surface area contributed by atoms with Crippen LogP contribution in [0.5, 0.6) is 0 Å². The normalized spacial score (nSPS) is 20.5. The van der Waals surface area contributed by atoms with Crippen LogP contribution < -0.4 is 10.6 Å². The molecule has 0 bridgehead atoms. The quantitative estimate of drug-likeness (QED) is 0.839. The minimum atomic E-state index is -0.00287. The van der Waals surface area contributed by atoms with Gasteiger partial charge in [0.25, 0.3) is 5.91 Å². The van der Waals surface area contributed by atoms with Gasteiger partial charge in [-0.25, -0.2) is 0 Å². The van der Waals surface area contributed by atoms with E-state index in [4.69, 9.17) is 0 Å². The van der Waals surface area contributed by atoms with Crippen molar-refractivity contribution in [3.63, 3.8) is 0 Å². The molecule has 0 aliphatic carbocycles. The molecular weight excluding hydrogens is 258 g/mol. The molecular formula is C10H14BrN3O. The SMILES string of the molecule is Cn1cc(Br)cc1C(=O)N[C@H]1CCNC1. The Morgan fingerprint density at radius 2 is 2.53 bits per heavy atom. The van der Waals surface area contributed by atoms with Gasteiger partial charge in [0.05, 0.1) is 0 Å². The van der Waals surface area contributed by atoms with Crippen LogP contribution in [-0.2, 0) is 7.05 Å². The molecule has 1 aliphatic rings. The Balaban J connectivity index is 2.03. The van der Waals surface area contributed by atoms with E-state index >= 15 is 0 Å². The second kappa shape index (κ2) is 4.37. The zero-order valence-electron chi connectivity index (χ0n) is 8.59. The Morgan fingerprint density at radius 3 is 3.07 bits per heavy atom. The summed E-state index contributed by atoms with van der Waals surface area (Å²) in [5, 5.41) is 6.22. The molecule has 0 unspecified atom stereocenters. The molecule has 1 saturated heterocycles. The number of rotatable bonds is 2. The lowest BCUT2D eigenvalue weighted by Crippen LogP contribution is -2.37. The van der Waals surface area contributed by atoms with Crippen LogP contribution in [0.3, 0.4) is 0 Å². The molecule has 5 heteroatoms. The van der Waals surface area contributed by atoms with Crippen molar-refractivity contribution in [3.8, 4) is 0 Å². The average Bonchev–Trinajstić information content (AvgIpc) is 2.75. The molecule has 1 fully saturated rings. The molecule has 1 aromatic heterocycles. The van der Waals surface area contributed by atoms with Crippen LogP contribution in [-0.4, -0.2) is 29.6 Å². The fourth-order valence-electron chi connectivity index (χ4n) is 1.79. The van der Waals surface area contributed by atoms with E-state index in [0.717, 1.165) is 24.0 Å². The number of halogens is 1. The van der Waals surface area contributed by atoms with Gasteiger partial charge < -0.3 is 15.2 Å². The average molecular weight is 272 g/mol. The predicted molar refractivity (Wildman–Crippen MR) is 61.9 cm³/mol. The number of nitrogens with one attached hydrogen (secondary N) is 2. The minimum absolute atomic E-state index is 0.00287. The van der Waals surface area contributed by atoms with E-state index in [9.17, 15) is 4.79 Å². The van der Waals surface area contributed by atoms with E-state index in [2.05, 4.69) is 26.6 Å². The Labute approximate surface area is 97.2 Å². The molecule has 0 saturated carbocycles. The first-order valence-corrected chi connectivity index (χ1v) is 5.79. The number of carbonyl (C=O) groups excluding carboxylic acids is 1. The fourth-order valence-corrected chi connectivity index (χ4v) is 2.31. The van der Waals surface area contributed by atoms with Crippen LogP contribution in [0.4, 0.5) is 0 Å². The van der Waals surface area contributed by atoms with Crippen molar-refractivity contribution in [1.29, 1.82) is 0 Å². The summed E-state index contributed by atoms with van der Waals surface area (Å²) < 4.78 is 2.75. The first kappa shape index (κ1) is 10.7. The van der Waals surface area contributed by atoms with Gasteiger partial charge in [0, 0.05) is 30.3 Å². The van der Waals surface area contributed by atoms with Gasteiger partial charge in [0.15, 0.2) is 0 Å². The first-order valence-electron chi connectivity index (χ1n) is 5.00. The number of hydrogen-bond acceptors (Lipinski definition) is 2.